The smallest absolute Gasteiger partial charge is 0.280 e. The topological polar surface area (TPSA) is 524 Å². The molecule has 21 rings (SSSR count). The number of carbonyl (C=O) groups is 20. The maximum Gasteiger partial charge on any atom is 0.280 e. The summed E-state index contributed by atoms with van der Waals surface area (Å²) in [6.45, 7) is 20.7. The molecule has 0 saturated carbocycles. The average molecular weight is 1700 g/mol. The minimum absolute atomic E-state index is 0.0281. The maximum atomic E-state index is 14.5. The lowest BCUT2D eigenvalue weighted by Gasteiger charge is -2.33. The Morgan fingerprint density at radius 2 is 0.411 bits per heavy atom. The van der Waals surface area contributed by atoms with E-state index in [1.807, 2.05) is 0 Å². The number of rotatable bonds is 16. The molecule has 4 aromatic carbocycles. The van der Waals surface area contributed by atoms with Crippen LogP contribution in [0.5, 0.6) is 0 Å². The molecule has 8 atom stereocenters. The van der Waals surface area contributed by atoms with E-state index in [0.717, 1.165) is 0 Å². The molecule has 0 fully saturated rings. The van der Waals surface area contributed by atoms with Crippen molar-refractivity contribution in [1.82, 2.24) is 94.2 Å². The minimum Gasteiger partial charge on any atom is -0.342 e. The zero-order chi connectivity index (χ0) is 90.3. The molecule has 4 unspecified atom stereocenters. The summed E-state index contributed by atoms with van der Waals surface area (Å²) < 4.78 is 0. The summed E-state index contributed by atoms with van der Waals surface area (Å²) in [5.74, 6) is -21.6. The zero-order valence-electron chi connectivity index (χ0n) is 70.3. The first-order chi connectivity index (χ1) is 58.9. The molecular formula is C86H98N18O20. The van der Waals surface area contributed by atoms with Crippen molar-refractivity contribution in [3.63, 3.8) is 0 Å². The fourth-order valence-electron chi connectivity index (χ4n) is 15.3. The Labute approximate surface area is 711 Å². The van der Waals surface area contributed by atoms with Crippen molar-refractivity contribution < 1.29 is 95.9 Å². The van der Waals surface area contributed by atoms with Gasteiger partial charge in [0.2, 0.25) is 23.6 Å². The lowest BCUT2D eigenvalue weighted by atomic mass is 9.86. The molecule has 15 aliphatic heterocycles. The Balaban J connectivity index is 0.884. The molecule has 15 aliphatic rings. The molecule has 17 heterocycles. The fraction of sp³-hybridized carbons (Fsp3) is 0.419. The first kappa shape index (κ1) is 90.7. The molecule has 2 aromatic heterocycles. The highest BCUT2D eigenvalue weighted by Gasteiger charge is 2.46. The normalized spacial score (nSPS) is 21.5. The van der Waals surface area contributed by atoms with E-state index in [1.165, 1.54) is 84.9 Å². The second-order valence-electron chi connectivity index (χ2n) is 32.7. The summed E-state index contributed by atoms with van der Waals surface area (Å²) in [5.41, 5.74) is 5.83. The van der Waals surface area contributed by atoms with E-state index in [-0.39, 0.29) is 190 Å². The molecule has 6 aromatic rings. The van der Waals surface area contributed by atoms with Crippen molar-refractivity contribution in [3.05, 3.63) is 152 Å². The number of hydrogen-bond acceptors (Lipinski definition) is 22. The lowest BCUT2D eigenvalue weighted by Crippen LogP contribution is -2.59. The van der Waals surface area contributed by atoms with Crippen molar-refractivity contribution in [2.45, 2.75) is 208 Å². The number of benzene rings is 4. The Morgan fingerprint density at radius 3 is 0.565 bits per heavy atom. The van der Waals surface area contributed by atoms with Gasteiger partial charge in [0.15, 0.2) is 0 Å². The number of hydrazine groups is 4. The van der Waals surface area contributed by atoms with Gasteiger partial charge in [0, 0.05) is 21.5 Å². The van der Waals surface area contributed by atoms with E-state index in [1.54, 1.807) is 83.1 Å². The molecule has 20 bridgehead atoms. The third kappa shape index (κ3) is 19.1. The van der Waals surface area contributed by atoms with Crippen molar-refractivity contribution in [1.29, 1.82) is 0 Å². The standard InChI is InChI=1S/C86H98N18O20/c1-13-19-51-75(113)97-101-79(117)43-27-29-45-64-46(30-28-44(63(43)64)80(101)118)82(120)102(81(45)119)98-76(114)52(20-14-2)91-73(111)61(37-41(9)10)95-69(107)57-25-18-26-58(88-57)70(108)96-62(38-42(11)12)74(112)92-54(22-16-4)78(116)100-104-85(123)49-33-31-47-65-48(32-34-50(66(49)65)86(104)124)84(122)103(83(47)121)99-77(115)53(21-15-3)90-72(110)60(36-40(7)8)94-68(106)56-24-17-23-55(87-56)67(105)93-59(35-39(5)6)71(109)89-51/h17-18,23-34,39-42,51-54,59-62H,13-16,19-22,35-38H2,1-12H3,(H,89,109)(H,90,110)(H,91,111)(H,92,112)(H,93,105)(H,94,106)(H,95,107)(H,96,108)(H,97,113)(H,98,114)(H,99,115)(H,100,116)/t51?,52?,53?,54?,59-,60-,61-,62-/m0/s1. The number of nitrogens with one attached hydrogen (secondary N) is 12. The molecule has 0 radical (unpaired) electrons. The number of imide groups is 4. The van der Waals surface area contributed by atoms with Gasteiger partial charge in [-0.15, -0.1) is 0 Å². The number of hydrogen-bond donors (Lipinski definition) is 12. The van der Waals surface area contributed by atoms with Crippen LogP contribution in [0.3, 0.4) is 0 Å². The van der Waals surface area contributed by atoms with Gasteiger partial charge < -0.3 is 42.5 Å². The molecule has 0 spiro atoms. The van der Waals surface area contributed by atoms with Gasteiger partial charge in [-0.05, 0) is 148 Å². The van der Waals surface area contributed by atoms with Gasteiger partial charge in [-0.1, -0.05) is 121 Å². The quantitative estimate of drug-likeness (QED) is 0.0606. The Morgan fingerprint density at radius 1 is 0.242 bits per heavy atom. The minimum atomic E-state index is -1.47. The Bertz CT molecular complexity index is 4700. The third-order valence-electron chi connectivity index (χ3n) is 21.3. The second-order valence-corrected chi connectivity index (χ2v) is 32.7. The summed E-state index contributed by atoms with van der Waals surface area (Å²) in [5, 5.41) is 22.1. The van der Waals surface area contributed by atoms with Crippen LogP contribution < -0.4 is 64.2 Å². The summed E-state index contributed by atoms with van der Waals surface area (Å²) in [6, 6.07) is 5.58. The lowest BCUT2D eigenvalue weighted by molar-refractivity contribution is -0.132. The Kier molecular flexibility index (Phi) is 28.0. The highest BCUT2D eigenvalue weighted by Crippen LogP contribution is 2.40. The number of carbonyl (C=O) groups excluding carboxylic acids is 20. The van der Waals surface area contributed by atoms with Crippen LogP contribution in [0.15, 0.2) is 84.9 Å². The van der Waals surface area contributed by atoms with Gasteiger partial charge in [-0.3, -0.25) is 118 Å². The van der Waals surface area contributed by atoms with Crippen molar-refractivity contribution in [2.24, 2.45) is 23.7 Å². The van der Waals surface area contributed by atoms with Crippen LogP contribution in [-0.4, -0.2) is 196 Å². The van der Waals surface area contributed by atoms with Crippen LogP contribution in [0.1, 0.15) is 285 Å². The van der Waals surface area contributed by atoms with E-state index < -0.39 is 166 Å². The van der Waals surface area contributed by atoms with Gasteiger partial charge in [0.05, 0.1) is 44.5 Å². The van der Waals surface area contributed by atoms with Crippen molar-refractivity contribution in [2.75, 3.05) is 0 Å². The van der Waals surface area contributed by atoms with Gasteiger partial charge in [-0.2, -0.15) is 20.0 Å². The largest absolute Gasteiger partial charge is 0.342 e. The fourth-order valence-corrected chi connectivity index (χ4v) is 15.3. The summed E-state index contributed by atoms with van der Waals surface area (Å²) >= 11 is 0. The number of aromatic nitrogens is 2. The van der Waals surface area contributed by atoms with E-state index in [9.17, 15) is 95.9 Å². The van der Waals surface area contributed by atoms with E-state index in [2.05, 4.69) is 74.2 Å². The molecule has 0 aliphatic carbocycles. The number of nitrogens with zero attached hydrogens (tertiary/aromatic N) is 6. The van der Waals surface area contributed by atoms with Crippen LogP contribution >= 0.6 is 0 Å². The molecule has 38 nitrogen and oxygen atoms in total. The monoisotopic (exact) mass is 1700 g/mol. The first-order valence-corrected chi connectivity index (χ1v) is 41.3. The molecule has 38 heteroatoms. The molecule has 20 amide bonds. The molecular weight excluding hydrogens is 1610 g/mol. The van der Waals surface area contributed by atoms with E-state index in [4.69, 9.17) is 0 Å². The van der Waals surface area contributed by atoms with Gasteiger partial charge in [0.1, 0.15) is 71.1 Å². The average Bonchev–Trinajstić information content (AvgIpc) is 0.715. The van der Waals surface area contributed by atoms with Crippen LogP contribution in [0.4, 0.5) is 0 Å². The predicted octanol–water partition coefficient (Wildman–Crippen LogP) is 4.12. The predicted molar refractivity (Wildman–Crippen MR) is 441 cm³/mol. The van der Waals surface area contributed by atoms with E-state index >= 15 is 0 Å². The third-order valence-corrected chi connectivity index (χ3v) is 21.3. The van der Waals surface area contributed by atoms with Crippen LogP contribution in [0.2, 0.25) is 0 Å². The molecule has 124 heavy (non-hydrogen) atoms. The molecule has 652 valence electrons. The van der Waals surface area contributed by atoms with Crippen LogP contribution in [-0.2, 0) is 38.4 Å². The highest BCUT2D eigenvalue weighted by atomic mass is 16.2. The second kappa shape index (κ2) is 38.3. The SMILES string of the molecule is CCCC1NC(=O)[C@H](CC(C)C)NC(=O)c2cccc(n2)C(=O)N[C@@H](CC(C)C)C(=O)NC(CCC)C(=O)NN2C(=O)c3ccc4c5c(ccc(c35)C2=O)C(=O)N(NC(=O)C(CCC)NC(=O)[C@H](CC(C)C)NC(=O)c2cccc(n2)C(=O)N[C@@H](CC(C)C)C(=O)NC(CCC)C(=O)NN2C(=O)c3ccc5c6c(ccc(c36)C2=O)C(=O)N(NC1=O)C5=O)C4=O. The van der Waals surface area contributed by atoms with Crippen molar-refractivity contribution >= 4 is 140 Å². The summed E-state index contributed by atoms with van der Waals surface area (Å²) in [7, 11) is 0. The summed E-state index contributed by atoms with van der Waals surface area (Å²) in [6.07, 6.45) is 0.578. The molecule has 12 N–H and O–H groups in total. The molecule has 0 saturated heterocycles. The summed E-state index contributed by atoms with van der Waals surface area (Å²) in [4.78, 5) is 297. The van der Waals surface area contributed by atoms with Crippen molar-refractivity contribution in [3.8, 4) is 0 Å². The van der Waals surface area contributed by atoms with E-state index in [0.29, 0.717) is 20.0 Å². The maximum absolute atomic E-state index is 14.5. The zero-order valence-corrected chi connectivity index (χ0v) is 70.3. The Hall–Kier alpha value is -14.1. The van der Waals surface area contributed by atoms with Gasteiger partial charge in [-0.25, -0.2) is 9.97 Å². The number of amides is 20. The van der Waals surface area contributed by atoms with Crippen LogP contribution in [0, 0.1) is 23.7 Å². The van der Waals surface area contributed by atoms with Gasteiger partial charge >= 0.3 is 0 Å². The first-order valence-electron chi connectivity index (χ1n) is 41.3. The van der Waals surface area contributed by atoms with Gasteiger partial charge in [0.25, 0.3) is 94.5 Å². The highest BCUT2D eigenvalue weighted by molar-refractivity contribution is 6.35. The van der Waals surface area contributed by atoms with Crippen LogP contribution in [0.25, 0.3) is 21.5 Å². The number of pyridine rings is 2.